The lowest BCUT2D eigenvalue weighted by Crippen LogP contribution is -2.51. The second-order valence-corrected chi connectivity index (χ2v) is 6.38. The van der Waals surface area contributed by atoms with Gasteiger partial charge in [0, 0.05) is 32.1 Å². The second kappa shape index (κ2) is 9.34. The Labute approximate surface area is 142 Å². The molecule has 1 heterocycles. The summed E-state index contributed by atoms with van der Waals surface area (Å²) in [5.41, 5.74) is 2.18. The van der Waals surface area contributed by atoms with Crippen molar-refractivity contribution in [1.82, 2.24) is 21.0 Å². The lowest BCUT2D eigenvalue weighted by Gasteiger charge is -2.43. The fraction of sp³-hybridized carbons (Fsp3) is 0.812. The molecule has 3 N–H and O–H groups in total. The fourth-order valence-corrected chi connectivity index (χ4v) is 3.57. The van der Waals surface area contributed by atoms with Crippen LogP contribution in [0.15, 0.2) is 0 Å². The molecule has 0 aromatic rings. The van der Waals surface area contributed by atoms with Crippen molar-refractivity contribution < 1.29 is 19.2 Å². The fourth-order valence-electron chi connectivity index (χ4n) is 3.57. The van der Waals surface area contributed by atoms with Crippen LogP contribution in [0.3, 0.4) is 0 Å². The second-order valence-electron chi connectivity index (χ2n) is 6.38. The van der Waals surface area contributed by atoms with Gasteiger partial charge in [-0.2, -0.15) is 5.48 Å². The van der Waals surface area contributed by atoms with E-state index in [0.717, 1.165) is 19.3 Å². The lowest BCUT2D eigenvalue weighted by atomic mass is 9.78. The van der Waals surface area contributed by atoms with E-state index in [1.165, 1.54) is 19.3 Å². The molecule has 0 aromatic heterocycles. The van der Waals surface area contributed by atoms with Crippen LogP contribution in [-0.4, -0.2) is 48.6 Å². The van der Waals surface area contributed by atoms with Gasteiger partial charge < -0.3 is 20.4 Å². The predicted octanol–water partition coefficient (Wildman–Crippen LogP) is 1.52. The largest absolute Gasteiger partial charge is 0.434 e. The molecule has 24 heavy (non-hydrogen) atoms. The van der Waals surface area contributed by atoms with Gasteiger partial charge in [-0.25, -0.2) is 9.59 Å². The molecule has 8 heteroatoms. The molecule has 0 bridgehead atoms. The number of hydrogen-bond acceptors (Lipinski definition) is 4. The smallest absolute Gasteiger partial charge is 0.338 e. The quantitative estimate of drug-likeness (QED) is 0.676. The average molecular weight is 340 g/mol. The number of nitrogens with one attached hydrogen (secondary N) is 3. The van der Waals surface area contributed by atoms with E-state index >= 15 is 0 Å². The lowest BCUT2D eigenvalue weighted by molar-refractivity contribution is -0.130. The summed E-state index contributed by atoms with van der Waals surface area (Å²) in [4.78, 5) is 41.8. The van der Waals surface area contributed by atoms with Gasteiger partial charge in [-0.05, 0) is 38.5 Å². The number of carbonyl (C=O) groups excluding carboxylic acids is 3. The van der Waals surface area contributed by atoms with Crippen LogP contribution >= 0.6 is 0 Å². The van der Waals surface area contributed by atoms with Gasteiger partial charge in [0.15, 0.2) is 0 Å². The van der Waals surface area contributed by atoms with E-state index < -0.39 is 12.0 Å². The Kier molecular flexibility index (Phi) is 7.14. The molecule has 4 amide bonds. The van der Waals surface area contributed by atoms with Crippen molar-refractivity contribution in [2.75, 3.05) is 19.6 Å². The van der Waals surface area contributed by atoms with E-state index in [0.29, 0.717) is 19.0 Å². The molecule has 2 rings (SSSR count). The zero-order valence-corrected chi connectivity index (χ0v) is 14.3. The molecule has 2 fully saturated rings. The number of hydroxylamine groups is 1. The van der Waals surface area contributed by atoms with Crippen molar-refractivity contribution >= 4 is 18.0 Å². The van der Waals surface area contributed by atoms with Gasteiger partial charge in [0.05, 0.1) is 0 Å². The number of nitrogens with zero attached hydrogens (tertiary/aromatic N) is 1. The number of piperidine rings is 1. The van der Waals surface area contributed by atoms with Gasteiger partial charge in [-0.3, -0.25) is 4.79 Å². The molecular formula is C16H28N4O4. The first kappa shape index (κ1) is 18.4. The summed E-state index contributed by atoms with van der Waals surface area (Å²) in [6, 6.07) is -0.0738. The third-order valence-electron chi connectivity index (χ3n) is 4.70. The zero-order chi connectivity index (χ0) is 17.4. The highest BCUT2D eigenvalue weighted by atomic mass is 16.7. The molecule has 0 radical (unpaired) electrons. The number of likely N-dealkylation sites (tertiary alicyclic amines) is 1. The molecular weight excluding hydrogens is 312 g/mol. The predicted molar refractivity (Wildman–Crippen MR) is 88.0 cm³/mol. The summed E-state index contributed by atoms with van der Waals surface area (Å²) in [5, 5.41) is 5.11. The van der Waals surface area contributed by atoms with Gasteiger partial charge in [0.2, 0.25) is 0 Å². The average Bonchev–Trinajstić information content (AvgIpc) is 2.59. The minimum Gasteiger partial charge on any atom is -0.338 e. The third-order valence-corrected chi connectivity index (χ3v) is 4.70. The van der Waals surface area contributed by atoms with Crippen molar-refractivity contribution in [1.29, 1.82) is 0 Å². The van der Waals surface area contributed by atoms with Crippen molar-refractivity contribution in [2.24, 2.45) is 5.92 Å². The Morgan fingerprint density at radius 1 is 1.08 bits per heavy atom. The first-order valence-electron chi connectivity index (χ1n) is 8.89. The maximum Gasteiger partial charge on any atom is 0.434 e. The number of amides is 4. The number of rotatable bonds is 4. The van der Waals surface area contributed by atoms with Gasteiger partial charge in [0.1, 0.15) is 0 Å². The monoisotopic (exact) mass is 340 g/mol. The van der Waals surface area contributed by atoms with E-state index in [1.807, 2.05) is 6.92 Å². The summed E-state index contributed by atoms with van der Waals surface area (Å²) in [6.45, 7) is 3.20. The zero-order valence-electron chi connectivity index (χ0n) is 14.3. The minimum absolute atomic E-state index is 0.0521. The van der Waals surface area contributed by atoms with Crippen LogP contribution in [0.2, 0.25) is 0 Å². The summed E-state index contributed by atoms with van der Waals surface area (Å²) in [5.74, 6) is 0.134. The maximum atomic E-state index is 12.2. The number of hydrogen-bond donors (Lipinski definition) is 3. The minimum atomic E-state index is -0.475. The number of urea groups is 1. The topological polar surface area (TPSA) is 99.8 Å². The summed E-state index contributed by atoms with van der Waals surface area (Å²) in [7, 11) is 0. The molecule has 1 saturated carbocycles. The highest BCUT2D eigenvalue weighted by molar-refractivity contribution is 5.79. The van der Waals surface area contributed by atoms with Crippen molar-refractivity contribution in [3.63, 3.8) is 0 Å². The molecule has 0 spiro atoms. The van der Waals surface area contributed by atoms with Crippen LogP contribution in [-0.2, 0) is 9.63 Å². The number of fused-ring (bicyclic) bond motifs is 1. The van der Waals surface area contributed by atoms with E-state index in [2.05, 4.69) is 16.1 Å². The van der Waals surface area contributed by atoms with E-state index in [9.17, 15) is 14.4 Å². The van der Waals surface area contributed by atoms with Crippen LogP contribution in [0.4, 0.5) is 9.59 Å². The van der Waals surface area contributed by atoms with Gasteiger partial charge >= 0.3 is 12.1 Å². The molecule has 2 atom stereocenters. The Balaban J connectivity index is 1.68. The normalized spacial score (nSPS) is 23.0. The Morgan fingerprint density at radius 3 is 2.62 bits per heavy atom. The van der Waals surface area contributed by atoms with Crippen molar-refractivity contribution in [3.05, 3.63) is 0 Å². The highest BCUT2D eigenvalue weighted by Crippen LogP contribution is 2.35. The van der Waals surface area contributed by atoms with Gasteiger partial charge in [-0.15, -0.1) is 0 Å². The summed E-state index contributed by atoms with van der Waals surface area (Å²) >= 11 is 0. The Morgan fingerprint density at radius 2 is 1.83 bits per heavy atom. The van der Waals surface area contributed by atoms with Gasteiger partial charge in [-0.1, -0.05) is 12.8 Å². The first-order valence-corrected chi connectivity index (χ1v) is 8.89. The van der Waals surface area contributed by atoms with Crippen LogP contribution in [0.25, 0.3) is 0 Å². The van der Waals surface area contributed by atoms with Crippen LogP contribution in [0.1, 0.15) is 51.9 Å². The van der Waals surface area contributed by atoms with Crippen molar-refractivity contribution in [2.45, 2.75) is 57.9 Å². The van der Waals surface area contributed by atoms with E-state index in [-0.39, 0.29) is 25.0 Å². The highest BCUT2D eigenvalue weighted by Gasteiger charge is 2.36. The Bertz CT molecular complexity index is 455. The molecule has 136 valence electrons. The van der Waals surface area contributed by atoms with E-state index in [1.54, 1.807) is 4.90 Å². The van der Waals surface area contributed by atoms with Crippen LogP contribution in [0, 0.1) is 5.92 Å². The molecule has 8 nitrogen and oxygen atoms in total. The molecule has 1 saturated heterocycles. The molecule has 2 unspecified atom stereocenters. The first-order chi connectivity index (χ1) is 11.6. The molecule has 1 aliphatic carbocycles. The molecule has 0 aromatic carbocycles. The maximum absolute atomic E-state index is 12.2. The van der Waals surface area contributed by atoms with Crippen LogP contribution in [0.5, 0.6) is 0 Å². The Hall–Kier alpha value is -1.99. The summed E-state index contributed by atoms with van der Waals surface area (Å²) in [6.07, 6.45) is 6.30. The number of carbonyl (C=O) groups is 3. The van der Waals surface area contributed by atoms with Crippen molar-refractivity contribution in [3.8, 4) is 0 Å². The van der Waals surface area contributed by atoms with Gasteiger partial charge in [0.25, 0.3) is 5.91 Å². The standard InChI is InChI=1S/C16H28N4O4/c1-2-17-15(22)18-10-9-14(21)19-24-16(23)20-11-5-7-12-6-3-4-8-13(12)20/h12-13H,2-11H2,1H3,(H,19,21)(H2,17,18,22). The summed E-state index contributed by atoms with van der Waals surface area (Å²) < 4.78 is 0. The molecule has 1 aliphatic heterocycles. The SMILES string of the molecule is CCNC(=O)NCCC(=O)NOC(=O)N1CCCC2CCCCC21. The van der Waals surface area contributed by atoms with E-state index in [4.69, 9.17) is 4.84 Å². The van der Waals surface area contributed by atoms with Crippen LogP contribution < -0.4 is 16.1 Å². The molecule has 2 aliphatic rings. The third kappa shape index (κ3) is 5.28.